The number of hydrogen-bond donors (Lipinski definition) is 1. The number of carbonyl (C=O) groups excluding carboxylic acids is 1. The second kappa shape index (κ2) is 7.40. The highest BCUT2D eigenvalue weighted by molar-refractivity contribution is 7.15. The van der Waals surface area contributed by atoms with E-state index in [-0.39, 0.29) is 5.91 Å². The lowest BCUT2D eigenvalue weighted by atomic mass is 10.1. The number of alkyl halides is 3. The van der Waals surface area contributed by atoms with Gasteiger partial charge >= 0.3 is 6.18 Å². The lowest BCUT2D eigenvalue weighted by molar-refractivity contribution is -0.137. The maximum absolute atomic E-state index is 12.9. The lowest BCUT2D eigenvalue weighted by Gasteiger charge is -2.26. The highest BCUT2D eigenvalue weighted by Gasteiger charge is 2.30. The number of fused-ring (bicyclic) bond motifs is 1. The predicted octanol–water partition coefficient (Wildman–Crippen LogP) is 4.57. The van der Waals surface area contributed by atoms with Crippen LogP contribution in [0.1, 0.15) is 32.1 Å². The van der Waals surface area contributed by atoms with Gasteiger partial charge in [0.25, 0.3) is 5.91 Å². The number of benzene rings is 1. The van der Waals surface area contributed by atoms with Crippen LogP contribution in [-0.4, -0.2) is 22.3 Å². The Morgan fingerprint density at radius 1 is 1.32 bits per heavy atom. The molecule has 1 aliphatic heterocycles. The fraction of sp³-hybridized carbons (Fsp3) is 0.263. The van der Waals surface area contributed by atoms with Gasteiger partial charge in [0.15, 0.2) is 5.13 Å². The van der Waals surface area contributed by atoms with Crippen LogP contribution in [0.15, 0.2) is 47.3 Å². The van der Waals surface area contributed by atoms with E-state index in [1.54, 1.807) is 12.1 Å². The predicted molar refractivity (Wildman–Crippen MR) is 98.0 cm³/mol. The number of amides is 1. The fourth-order valence-corrected chi connectivity index (χ4v) is 4.15. The number of anilines is 1. The largest absolute Gasteiger partial charge is 0.472 e. The third kappa shape index (κ3) is 4.10. The minimum atomic E-state index is -4.34. The minimum Gasteiger partial charge on any atom is -0.472 e. The summed E-state index contributed by atoms with van der Waals surface area (Å²) in [7, 11) is 0. The van der Waals surface area contributed by atoms with Gasteiger partial charge < -0.3 is 4.42 Å². The van der Waals surface area contributed by atoms with Crippen molar-refractivity contribution in [3.05, 3.63) is 70.1 Å². The summed E-state index contributed by atoms with van der Waals surface area (Å²) in [6.07, 6.45) is -0.871. The second-order valence-corrected chi connectivity index (χ2v) is 7.60. The molecule has 0 spiro atoms. The molecule has 3 aromatic rings. The van der Waals surface area contributed by atoms with E-state index in [2.05, 4.69) is 15.2 Å². The van der Waals surface area contributed by atoms with E-state index in [0.29, 0.717) is 42.3 Å². The molecule has 1 aromatic carbocycles. The van der Waals surface area contributed by atoms with Gasteiger partial charge in [-0.25, -0.2) is 4.98 Å². The standard InChI is InChI=1S/C19H16F3N3O2S/c20-19(21,22)14-3-1-2-12(8-14)9-25-6-4-15-16(10-25)28-18(23-15)24-17(26)13-5-7-27-11-13/h1-3,5,7-8,11H,4,6,9-10H2,(H,23,24,26). The zero-order valence-corrected chi connectivity index (χ0v) is 15.4. The zero-order chi connectivity index (χ0) is 19.7. The topological polar surface area (TPSA) is 58.4 Å². The van der Waals surface area contributed by atoms with Crippen LogP contribution in [0, 0.1) is 0 Å². The monoisotopic (exact) mass is 407 g/mol. The van der Waals surface area contributed by atoms with E-state index in [1.165, 1.54) is 36.0 Å². The van der Waals surface area contributed by atoms with Gasteiger partial charge in [-0.05, 0) is 17.7 Å². The van der Waals surface area contributed by atoms with Gasteiger partial charge in [0, 0.05) is 30.9 Å². The van der Waals surface area contributed by atoms with E-state index in [4.69, 9.17) is 4.42 Å². The summed E-state index contributed by atoms with van der Waals surface area (Å²) in [4.78, 5) is 19.7. The molecular weight excluding hydrogens is 391 g/mol. The maximum Gasteiger partial charge on any atom is 0.416 e. The second-order valence-electron chi connectivity index (χ2n) is 6.51. The summed E-state index contributed by atoms with van der Waals surface area (Å²) in [5, 5.41) is 3.27. The number of thiazole rings is 1. The van der Waals surface area contributed by atoms with E-state index >= 15 is 0 Å². The smallest absolute Gasteiger partial charge is 0.416 e. The number of carbonyl (C=O) groups is 1. The number of halogens is 3. The van der Waals surface area contributed by atoms with Crippen molar-refractivity contribution < 1.29 is 22.4 Å². The Morgan fingerprint density at radius 3 is 2.93 bits per heavy atom. The van der Waals surface area contributed by atoms with Gasteiger partial charge in [-0.15, -0.1) is 11.3 Å². The SMILES string of the molecule is O=C(Nc1nc2c(s1)CN(Cc1cccc(C(F)(F)F)c1)CC2)c1ccoc1. The Bertz CT molecular complexity index is 983. The summed E-state index contributed by atoms with van der Waals surface area (Å²) in [5.74, 6) is -0.291. The van der Waals surface area contributed by atoms with Gasteiger partial charge in [0.05, 0.1) is 23.1 Å². The van der Waals surface area contributed by atoms with E-state index < -0.39 is 11.7 Å². The quantitative estimate of drug-likeness (QED) is 0.689. The molecule has 1 N–H and O–H groups in total. The molecule has 28 heavy (non-hydrogen) atoms. The van der Waals surface area contributed by atoms with Crippen LogP contribution in [0.4, 0.5) is 18.3 Å². The summed E-state index contributed by atoms with van der Waals surface area (Å²) < 4.78 is 43.6. The number of rotatable bonds is 4. The van der Waals surface area contributed by atoms with Crippen LogP contribution in [0.5, 0.6) is 0 Å². The number of furan rings is 1. The first-order chi connectivity index (χ1) is 13.4. The van der Waals surface area contributed by atoms with Crippen molar-refractivity contribution in [3.63, 3.8) is 0 Å². The van der Waals surface area contributed by atoms with Crippen molar-refractivity contribution in [2.45, 2.75) is 25.7 Å². The number of hydrogen-bond acceptors (Lipinski definition) is 5. The Hall–Kier alpha value is -2.65. The van der Waals surface area contributed by atoms with E-state index in [0.717, 1.165) is 16.6 Å². The fourth-order valence-electron chi connectivity index (χ4n) is 3.10. The molecule has 5 nitrogen and oxygen atoms in total. The molecule has 0 fully saturated rings. The molecule has 0 atom stereocenters. The number of nitrogens with zero attached hydrogens (tertiary/aromatic N) is 2. The summed E-state index contributed by atoms with van der Waals surface area (Å²) in [6, 6.07) is 6.98. The Kier molecular flexibility index (Phi) is 4.94. The first kappa shape index (κ1) is 18.7. The molecule has 0 bridgehead atoms. The molecule has 0 radical (unpaired) electrons. The zero-order valence-electron chi connectivity index (χ0n) is 14.6. The van der Waals surface area contributed by atoms with Crippen LogP contribution in [0.2, 0.25) is 0 Å². The van der Waals surface area contributed by atoms with E-state index in [9.17, 15) is 18.0 Å². The van der Waals surface area contributed by atoms with Crippen LogP contribution in [0.25, 0.3) is 0 Å². The molecule has 2 aromatic heterocycles. The van der Waals surface area contributed by atoms with Gasteiger partial charge in [-0.3, -0.25) is 15.0 Å². The van der Waals surface area contributed by atoms with Gasteiger partial charge in [-0.1, -0.05) is 18.2 Å². The molecule has 0 saturated heterocycles. The first-order valence-corrected chi connectivity index (χ1v) is 9.41. The Balaban J connectivity index is 1.42. The minimum absolute atomic E-state index is 0.291. The van der Waals surface area contributed by atoms with E-state index in [1.807, 2.05) is 0 Å². The molecule has 0 aliphatic carbocycles. The van der Waals surface area contributed by atoms with Crippen molar-refractivity contribution >= 4 is 22.4 Å². The van der Waals surface area contributed by atoms with Crippen LogP contribution in [0.3, 0.4) is 0 Å². The van der Waals surface area contributed by atoms with Crippen molar-refractivity contribution in [2.24, 2.45) is 0 Å². The molecule has 1 amide bonds. The summed E-state index contributed by atoms with van der Waals surface area (Å²) in [5.41, 5.74) is 1.33. The molecule has 3 heterocycles. The normalized spacial score (nSPS) is 14.7. The lowest BCUT2D eigenvalue weighted by Crippen LogP contribution is -2.29. The summed E-state index contributed by atoms with van der Waals surface area (Å²) >= 11 is 1.39. The number of nitrogens with one attached hydrogen (secondary N) is 1. The molecular formula is C19H16F3N3O2S. The summed E-state index contributed by atoms with van der Waals surface area (Å²) in [6.45, 7) is 1.71. The van der Waals surface area contributed by atoms with Crippen LogP contribution in [-0.2, 0) is 25.7 Å². The molecule has 9 heteroatoms. The van der Waals surface area contributed by atoms with Crippen LogP contribution < -0.4 is 5.32 Å². The highest BCUT2D eigenvalue weighted by Crippen LogP contribution is 2.31. The Morgan fingerprint density at radius 2 is 2.18 bits per heavy atom. The maximum atomic E-state index is 12.9. The van der Waals surface area contributed by atoms with Crippen molar-refractivity contribution in [1.82, 2.24) is 9.88 Å². The molecule has 146 valence electrons. The average Bonchev–Trinajstić information content (AvgIpc) is 3.30. The molecule has 0 saturated carbocycles. The van der Waals surface area contributed by atoms with Crippen molar-refractivity contribution in [2.75, 3.05) is 11.9 Å². The Labute approximate surface area is 162 Å². The van der Waals surface area contributed by atoms with Gasteiger partial charge in [0.2, 0.25) is 0 Å². The molecule has 4 rings (SSSR count). The third-order valence-electron chi connectivity index (χ3n) is 4.47. The number of aromatic nitrogens is 1. The van der Waals surface area contributed by atoms with Crippen LogP contribution >= 0.6 is 11.3 Å². The third-order valence-corrected chi connectivity index (χ3v) is 5.47. The van der Waals surface area contributed by atoms with Crippen molar-refractivity contribution in [3.8, 4) is 0 Å². The van der Waals surface area contributed by atoms with Crippen molar-refractivity contribution in [1.29, 1.82) is 0 Å². The van der Waals surface area contributed by atoms with Gasteiger partial charge in [0.1, 0.15) is 6.26 Å². The average molecular weight is 407 g/mol. The molecule has 1 aliphatic rings. The molecule has 0 unspecified atom stereocenters. The first-order valence-electron chi connectivity index (χ1n) is 8.59. The van der Waals surface area contributed by atoms with Gasteiger partial charge in [-0.2, -0.15) is 13.2 Å². The highest BCUT2D eigenvalue weighted by atomic mass is 32.1.